The molecule has 2 N–H and O–H groups in total. The number of aromatic nitrogens is 1. The third-order valence-corrected chi connectivity index (χ3v) is 2.98. The van der Waals surface area contributed by atoms with Crippen LogP contribution in [0.15, 0.2) is 58.8 Å². The SMILES string of the molecule is Oc1[nH]c2ccc(OC(F)(F)F)cc2c1N=Nc1ccccc1. The molecule has 0 aliphatic carbocycles. The van der Waals surface area contributed by atoms with Crippen molar-refractivity contribution in [2.45, 2.75) is 6.36 Å². The summed E-state index contributed by atoms with van der Waals surface area (Å²) >= 11 is 0. The maximum atomic E-state index is 12.3. The van der Waals surface area contributed by atoms with Crippen molar-refractivity contribution in [3.8, 4) is 11.6 Å². The van der Waals surface area contributed by atoms with Gasteiger partial charge in [0.05, 0.1) is 11.2 Å². The number of H-pyrrole nitrogens is 1. The Balaban J connectivity index is 2.00. The first-order chi connectivity index (χ1) is 10.9. The maximum absolute atomic E-state index is 12.3. The number of fused-ring (bicyclic) bond motifs is 1. The Morgan fingerprint density at radius 3 is 2.43 bits per heavy atom. The molecule has 0 atom stereocenters. The number of hydrogen-bond acceptors (Lipinski definition) is 4. The van der Waals surface area contributed by atoms with Gasteiger partial charge in [-0.3, -0.25) is 0 Å². The zero-order valence-corrected chi connectivity index (χ0v) is 11.5. The predicted molar refractivity (Wildman–Crippen MR) is 77.3 cm³/mol. The van der Waals surface area contributed by atoms with E-state index < -0.39 is 12.1 Å². The molecule has 118 valence electrons. The Morgan fingerprint density at radius 1 is 1.00 bits per heavy atom. The van der Waals surface area contributed by atoms with Crippen molar-refractivity contribution < 1.29 is 23.0 Å². The van der Waals surface area contributed by atoms with Gasteiger partial charge in [0.2, 0.25) is 5.88 Å². The smallest absolute Gasteiger partial charge is 0.493 e. The molecule has 2 aromatic carbocycles. The van der Waals surface area contributed by atoms with Gasteiger partial charge in [0.25, 0.3) is 0 Å². The largest absolute Gasteiger partial charge is 0.573 e. The Bertz CT molecular complexity index is 858. The predicted octanol–water partition coefficient (Wildman–Crippen LogP) is 5.19. The molecule has 0 aliphatic rings. The molecule has 0 amide bonds. The van der Waals surface area contributed by atoms with Crippen molar-refractivity contribution in [2.75, 3.05) is 0 Å². The van der Waals surface area contributed by atoms with Gasteiger partial charge in [-0.25, -0.2) is 0 Å². The first-order valence-corrected chi connectivity index (χ1v) is 6.49. The summed E-state index contributed by atoms with van der Waals surface area (Å²) in [6, 6.07) is 12.4. The third kappa shape index (κ3) is 3.42. The van der Waals surface area contributed by atoms with E-state index in [4.69, 9.17) is 0 Å². The molecule has 3 rings (SSSR count). The molecule has 8 heteroatoms. The number of nitrogens with zero attached hydrogens (tertiary/aromatic N) is 2. The summed E-state index contributed by atoms with van der Waals surface area (Å²) < 4.78 is 40.8. The quantitative estimate of drug-likeness (QED) is 0.652. The van der Waals surface area contributed by atoms with Crippen LogP contribution in [0.5, 0.6) is 11.6 Å². The zero-order chi connectivity index (χ0) is 16.4. The van der Waals surface area contributed by atoms with Crippen LogP contribution in [0.3, 0.4) is 0 Å². The van der Waals surface area contributed by atoms with Crippen LogP contribution in [0.25, 0.3) is 10.9 Å². The monoisotopic (exact) mass is 321 g/mol. The lowest BCUT2D eigenvalue weighted by Crippen LogP contribution is -2.16. The first kappa shape index (κ1) is 14.9. The second-order valence-electron chi connectivity index (χ2n) is 4.61. The fraction of sp³-hybridized carbons (Fsp3) is 0.0667. The third-order valence-electron chi connectivity index (χ3n) is 2.98. The Morgan fingerprint density at radius 2 is 1.74 bits per heavy atom. The van der Waals surface area contributed by atoms with Gasteiger partial charge in [0.15, 0.2) is 5.69 Å². The van der Waals surface area contributed by atoms with E-state index in [9.17, 15) is 18.3 Å². The highest BCUT2D eigenvalue weighted by molar-refractivity contribution is 5.95. The van der Waals surface area contributed by atoms with Gasteiger partial charge in [-0.1, -0.05) is 18.2 Å². The molecule has 0 bridgehead atoms. The van der Waals surface area contributed by atoms with E-state index in [2.05, 4.69) is 19.9 Å². The molecule has 0 unspecified atom stereocenters. The maximum Gasteiger partial charge on any atom is 0.573 e. The number of halogens is 3. The molecule has 0 fully saturated rings. The second-order valence-corrected chi connectivity index (χ2v) is 4.61. The van der Waals surface area contributed by atoms with Crippen LogP contribution in [0.4, 0.5) is 24.5 Å². The Kier molecular flexibility index (Phi) is 3.65. The molecule has 0 spiro atoms. The standard InChI is InChI=1S/C15H10F3N3O2/c16-15(17,18)23-10-6-7-12-11(8-10)13(14(22)19-12)21-20-9-4-2-1-3-5-9/h1-8,19,22H. The van der Waals surface area contributed by atoms with E-state index in [0.29, 0.717) is 11.2 Å². The van der Waals surface area contributed by atoms with Gasteiger partial charge >= 0.3 is 6.36 Å². The molecule has 3 aromatic rings. The van der Waals surface area contributed by atoms with E-state index in [1.165, 1.54) is 6.07 Å². The molecule has 0 saturated heterocycles. The lowest BCUT2D eigenvalue weighted by atomic mass is 10.2. The summed E-state index contributed by atoms with van der Waals surface area (Å²) in [5.74, 6) is -0.691. The van der Waals surface area contributed by atoms with E-state index in [1.54, 1.807) is 24.3 Å². The van der Waals surface area contributed by atoms with Crippen LogP contribution < -0.4 is 4.74 Å². The molecule has 1 heterocycles. The highest BCUT2D eigenvalue weighted by Crippen LogP contribution is 2.38. The van der Waals surface area contributed by atoms with Crippen molar-refractivity contribution in [3.05, 3.63) is 48.5 Å². The van der Waals surface area contributed by atoms with Crippen LogP contribution in [0.1, 0.15) is 0 Å². The lowest BCUT2D eigenvalue weighted by Gasteiger charge is -2.08. The van der Waals surface area contributed by atoms with Crippen molar-refractivity contribution in [1.29, 1.82) is 0 Å². The van der Waals surface area contributed by atoms with Crippen LogP contribution in [0.2, 0.25) is 0 Å². The number of aromatic amines is 1. The van der Waals surface area contributed by atoms with E-state index >= 15 is 0 Å². The molecule has 0 aliphatic heterocycles. The number of nitrogens with one attached hydrogen (secondary N) is 1. The van der Waals surface area contributed by atoms with Crippen LogP contribution in [-0.2, 0) is 0 Å². The van der Waals surface area contributed by atoms with Crippen molar-refractivity contribution in [1.82, 2.24) is 4.98 Å². The summed E-state index contributed by atoms with van der Waals surface area (Å²) in [5, 5.41) is 18.0. The first-order valence-electron chi connectivity index (χ1n) is 6.49. The van der Waals surface area contributed by atoms with Crippen molar-refractivity contribution >= 4 is 22.3 Å². The Hall–Kier alpha value is -3.03. The van der Waals surface area contributed by atoms with E-state index in [1.807, 2.05) is 6.07 Å². The molecule has 5 nitrogen and oxygen atoms in total. The number of rotatable bonds is 3. The van der Waals surface area contributed by atoms with Gasteiger partial charge < -0.3 is 14.8 Å². The van der Waals surface area contributed by atoms with Crippen LogP contribution in [0, 0.1) is 0 Å². The minimum atomic E-state index is -4.79. The van der Waals surface area contributed by atoms with Gasteiger partial charge in [-0.05, 0) is 30.3 Å². The number of benzene rings is 2. The van der Waals surface area contributed by atoms with Gasteiger partial charge in [0.1, 0.15) is 5.75 Å². The second kappa shape index (κ2) is 5.64. The normalized spacial score (nSPS) is 12.1. The summed E-state index contributed by atoms with van der Waals surface area (Å²) in [5.41, 5.74) is 0.999. The number of aromatic hydroxyl groups is 1. The molecular weight excluding hydrogens is 311 g/mol. The fourth-order valence-electron chi connectivity index (χ4n) is 2.04. The highest BCUT2D eigenvalue weighted by Gasteiger charge is 2.31. The van der Waals surface area contributed by atoms with Gasteiger partial charge in [0, 0.05) is 5.39 Å². The number of ether oxygens (including phenoxy) is 1. The van der Waals surface area contributed by atoms with Crippen LogP contribution >= 0.6 is 0 Å². The average Bonchev–Trinajstić information content (AvgIpc) is 2.79. The van der Waals surface area contributed by atoms with Crippen molar-refractivity contribution in [3.63, 3.8) is 0 Å². The van der Waals surface area contributed by atoms with E-state index in [0.717, 1.165) is 12.1 Å². The van der Waals surface area contributed by atoms with Gasteiger partial charge in [-0.15, -0.1) is 18.3 Å². The van der Waals surface area contributed by atoms with Crippen LogP contribution in [-0.4, -0.2) is 16.5 Å². The number of azo groups is 1. The lowest BCUT2D eigenvalue weighted by molar-refractivity contribution is -0.274. The fourth-order valence-corrected chi connectivity index (χ4v) is 2.04. The molecule has 0 saturated carbocycles. The van der Waals surface area contributed by atoms with Gasteiger partial charge in [-0.2, -0.15) is 5.11 Å². The zero-order valence-electron chi connectivity index (χ0n) is 11.5. The molecule has 0 radical (unpaired) electrons. The topological polar surface area (TPSA) is 70.0 Å². The minimum Gasteiger partial charge on any atom is -0.493 e. The molecule has 23 heavy (non-hydrogen) atoms. The molecule has 1 aromatic heterocycles. The van der Waals surface area contributed by atoms with Crippen molar-refractivity contribution in [2.24, 2.45) is 10.2 Å². The minimum absolute atomic E-state index is 0.0384. The highest BCUT2D eigenvalue weighted by atomic mass is 19.4. The summed E-state index contributed by atoms with van der Waals surface area (Å²) in [6.45, 7) is 0. The number of alkyl halides is 3. The summed E-state index contributed by atoms with van der Waals surface area (Å²) in [6.07, 6.45) is -4.79. The number of hydrogen-bond donors (Lipinski definition) is 2. The van der Waals surface area contributed by atoms with E-state index in [-0.39, 0.29) is 17.0 Å². The summed E-state index contributed by atoms with van der Waals surface area (Å²) in [7, 11) is 0. The molecular formula is C15H10F3N3O2. The average molecular weight is 321 g/mol. The Labute approximate surface area is 128 Å². The summed E-state index contributed by atoms with van der Waals surface area (Å²) in [4.78, 5) is 2.62.